The highest BCUT2D eigenvalue weighted by molar-refractivity contribution is 4.96. The fraction of sp³-hybridized carbons (Fsp3) is 1.00. The normalized spacial score (nSPS) is 36.6. The molecule has 0 aromatic rings. The van der Waals surface area contributed by atoms with E-state index in [4.69, 9.17) is 10.5 Å². The monoisotopic (exact) mass is 280 g/mol. The van der Waals surface area contributed by atoms with Crippen LogP contribution < -0.4 is 11.1 Å². The van der Waals surface area contributed by atoms with Crippen molar-refractivity contribution in [1.29, 1.82) is 0 Å². The van der Waals surface area contributed by atoms with E-state index in [1.165, 1.54) is 0 Å². The van der Waals surface area contributed by atoms with Crippen LogP contribution in [-0.2, 0) is 4.74 Å². The van der Waals surface area contributed by atoms with Gasteiger partial charge < -0.3 is 15.8 Å². The van der Waals surface area contributed by atoms with E-state index in [2.05, 4.69) is 5.32 Å². The Morgan fingerprint density at radius 2 is 2.05 bits per heavy atom. The summed E-state index contributed by atoms with van der Waals surface area (Å²) in [5.74, 6) is -1.22. The number of alkyl halides is 3. The molecule has 112 valence electrons. The number of nitrogens with one attached hydrogen (secondary N) is 1. The molecule has 0 bridgehead atoms. The second-order valence-corrected chi connectivity index (χ2v) is 5.84. The number of rotatable bonds is 4. The van der Waals surface area contributed by atoms with Gasteiger partial charge in [0, 0.05) is 25.2 Å². The van der Waals surface area contributed by atoms with Gasteiger partial charge in [-0.3, -0.25) is 0 Å². The number of hydrogen-bond acceptors (Lipinski definition) is 3. The van der Waals surface area contributed by atoms with Gasteiger partial charge in [0.2, 0.25) is 0 Å². The molecule has 1 saturated carbocycles. The second kappa shape index (κ2) is 5.97. The molecule has 1 saturated heterocycles. The quantitative estimate of drug-likeness (QED) is 0.830. The van der Waals surface area contributed by atoms with Crippen LogP contribution in [0.5, 0.6) is 0 Å². The summed E-state index contributed by atoms with van der Waals surface area (Å²) in [6.07, 6.45) is -0.319. The third-order valence-corrected chi connectivity index (χ3v) is 4.43. The summed E-state index contributed by atoms with van der Waals surface area (Å²) >= 11 is 0. The molecule has 19 heavy (non-hydrogen) atoms. The molecule has 3 N–H and O–H groups in total. The molecule has 0 amide bonds. The van der Waals surface area contributed by atoms with Gasteiger partial charge in [0.05, 0.1) is 12.0 Å². The van der Waals surface area contributed by atoms with E-state index in [0.29, 0.717) is 13.0 Å². The van der Waals surface area contributed by atoms with Crippen molar-refractivity contribution in [1.82, 2.24) is 5.32 Å². The minimum absolute atomic E-state index is 0.0969. The van der Waals surface area contributed by atoms with Gasteiger partial charge in [-0.2, -0.15) is 13.2 Å². The van der Waals surface area contributed by atoms with Crippen molar-refractivity contribution in [3.8, 4) is 0 Å². The third-order valence-electron chi connectivity index (χ3n) is 4.43. The summed E-state index contributed by atoms with van der Waals surface area (Å²) < 4.78 is 44.1. The first-order valence-electron chi connectivity index (χ1n) is 7.09. The summed E-state index contributed by atoms with van der Waals surface area (Å²) in [4.78, 5) is 0. The summed E-state index contributed by atoms with van der Waals surface area (Å²) in [6.45, 7) is 1.63. The summed E-state index contributed by atoms with van der Waals surface area (Å²) in [5, 5.41) is 3.28. The average Bonchev–Trinajstić information content (AvgIpc) is 2.89. The van der Waals surface area contributed by atoms with Crippen LogP contribution in [0.15, 0.2) is 0 Å². The molecule has 2 fully saturated rings. The van der Waals surface area contributed by atoms with Crippen LogP contribution in [0.25, 0.3) is 0 Å². The lowest BCUT2D eigenvalue weighted by molar-refractivity contribution is -0.188. The summed E-state index contributed by atoms with van der Waals surface area (Å²) in [5.41, 5.74) is 5.19. The van der Waals surface area contributed by atoms with E-state index in [0.717, 1.165) is 25.9 Å². The van der Waals surface area contributed by atoms with E-state index >= 15 is 0 Å². The molecule has 3 unspecified atom stereocenters. The summed E-state index contributed by atoms with van der Waals surface area (Å²) in [7, 11) is 0. The smallest absolute Gasteiger partial charge is 0.377 e. The van der Waals surface area contributed by atoms with Crippen molar-refractivity contribution in [2.75, 3.05) is 19.7 Å². The predicted molar refractivity (Wildman–Crippen MR) is 66.8 cm³/mol. The van der Waals surface area contributed by atoms with Gasteiger partial charge in [-0.1, -0.05) is 6.42 Å². The Hall–Kier alpha value is -0.330. The molecule has 0 radical (unpaired) electrons. The van der Waals surface area contributed by atoms with Gasteiger partial charge in [0.25, 0.3) is 0 Å². The molecule has 3 atom stereocenters. The van der Waals surface area contributed by atoms with Crippen LogP contribution >= 0.6 is 0 Å². The highest BCUT2D eigenvalue weighted by Crippen LogP contribution is 2.41. The molecule has 0 aromatic carbocycles. The Morgan fingerprint density at radius 1 is 1.26 bits per heavy atom. The first-order chi connectivity index (χ1) is 8.95. The highest BCUT2D eigenvalue weighted by Gasteiger charge is 2.47. The number of hydrogen-bond donors (Lipinski definition) is 2. The van der Waals surface area contributed by atoms with Crippen molar-refractivity contribution >= 4 is 0 Å². The Labute approximate surface area is 112 Å². The zero-order chi connectivity index (χ0) is 13.9. The first-order valence-corrected chi connectivity index (χ1v) is 7.09. The van der Waals surface area contributed by atoms with Gasteiger partial charge in [0.15, 0.2) is 0 Å². The number of ether oxygens (including phenoxy) is 1. The number of nitrogens with two attached hydrogens (primary N) is 1. The van der Waals surface area contributed by atoms with E-state index in [-0.39, 0.29) is 25.5 Å². The molecule has 6 heteroatoms. The van der Waals surface area contributed by atoms with Gasteiger partial charge >= 0.3 is 6.18 Å². The zero-order valence-corrected chi connectivity index (χ0v) is 11.1. The summed E-state index contributed by atoms with van der Waals surface area (Å²) in [6, 6.07) is 0. The molecule has 0 spiro atoms. The maximum Gasteiger partial charge on any atom is 0.391 e. The number of halogens is 3. The first kappa shape index (κ1) is 15.1. The standard InChI is InChI=1S/C13H23F3N2O/c14-13(15,16)10-3-1-5-12(7-10,9-17)18-8-11-4-2-6-19-11/h10-11,18H,1-9,17H2. The van der Waals surface area contributed by atoms with Crippen molar-refractivity contribution in [3.05, 3.63) is 0 Å². The lowest BCUT2D eigenvalue weighted by atomic mass is 9.75. The Morgan fingerprint density at radius 3 is 2.63 bits per heavy atom. The van der Waals surface area contributed by atoms with E-state index < -0.39 is 17.6 Å². The van der Waals surface area contributed by atoms with Gasteiger partial charge in [-0.25, -0.2) is 0 Å². The molecule has 1 heterocycles. The minimum atomic E-state index is -4.10. The Bertz CT molecular complexity index is 292. The average molecular weight is 280 g/mol. The van der Waals surface area contributed by atoms with Gasteiger partial charge in [-0.05, 0) is 32.1 Å². The van der Waals surface area contributed by atoms with Crippen molar-refractivity contribution in [2.45, 2.75) is 56.3 Å². The largest absolute Gasteiger partial charge is 0.391 e. The minimum Gasteiger partial charge on any atom is -0.377 e. The maximum absolute atomic E-state index is 12.9. The molecular formula is C13H23F3N2O. The van der Waals surface area contributed by atoms with Crippen molar-refractivity contribution in [3.63, 3.8) is 0 Å². The topological polar surface area (TPSA) is 47.3 Å². The fourth-order valence-electron chi connectivity index (χ4n) is 3.20. The fourth-order valence-corrected chi connectivity index (χ4v) is 3.20. The lowest BCUT2D eigenvalue weighted by Crippen LogP contribution is -2.57. The van der Waals surface area contributed by atoms with Crippen LogP contribution in [0.4, 0.5) is 13.2 Å². The van der Waals surface area contributed by atoms with E-state index in [1.54, 1.807) is 0 Å². The third kappa shape index (κ3) is 3.83. The van der Waals surface area contributed by atoms with E-state index in [9.17, 15) is 13.2 Å². The molecule has 0 aromatic heterocycles. The van der Waals surface area contributed by atoms with Crippen molar-refractivity contribution in [2.24, 2.45) is 11.7 Å². The van der Waals surface area contributed by atoms with Crippen LogP contribution in [0.2, 0.25) is 0 Å². The van der Waals surface area contributed by atoms with Gasteiger partial charge in [-0.15, -0.1) is 0 Å². The molecule has 1 aliphatic heterocycles. The van der Waals surface area contributed by atoms with Crippen molar-refractivity contribution < 1.29 is 17.9 Å². The van der Waals surface area contributed by atoms with Gasteiger partial charge in [0.1, 0.15) is 0 Å². The molecule has 1 aliphatic carbocycles. The van der Waals surface area contributed by atoms with Crippen LogP contribution in [0.1, 0.15) is 38.5 Å². The Balaban J connectivity index is 1.92. The van der Waals surface area contributed by atoms with Crippen LogP contribution in [0.3, 0.4) is 0 Å². The van der Waals surface area contributed by atoms with Crippen LogP contribution in [-0.4, -0.2) is 37.5 Å². The zero-order valence-electron chi connectivity index (χ0n) is 11.1. The molecule has 2 rings (SSSR count). The molecule has 2 aliphatic rings. The SMILES string of the molecule is NCC1(NCC2CCCO2)CCCC(C(F)(F)F)C1. The Kier molecular flexibility index (Phi) is 4.74. The second-order valence-electron chi connectivity index (χ2n) is 5.84. The predicted octanol–water partition coefficient (Wildman–Crippen LogP) is 2.20. The molecule has 3 nitrogen and oxygen atoms in total. The van der Waals surface area contributed by atoms with Crippen LogP contribution in [0, 0.1) is 5.92 Å². The highest BCUT2D eigenvalue weighted by atomic mass is 19.4. The maximum atomic E-state index is 12.9. The lowest BCUT2D eigenvalue weighted by Gasteiger charge is -2.42. The van der Waals surface area contributed by atoms with E-state index in [1.807, 2.05) is 0 Å². The molecular weight excluding hydrogens is 257 g/mol.